The lowest BCUT2D eigenvalue weighted by atomic mass is 10.1. The summed E-state index contributed by atoms with van der Waals surface area (Å²) in [6.45, 7) is 7.88. The number of fused-ring (bicyclic) bond motifs is 1. The Hall–Kier alpha value is -3.98. The fraction of sp³-hybridized carbons (Fsp3) is 0.560. The number of rotatable bonds is 6. The molecule has 2 aromatic rings. The Labute approximate surface area is 255 Å². The molecule has 1 atom stereocenters. The number of aliphatic carboxylic acids is 3. The van der Waals surface area contributed by atoms with Gasteiger partial charge in [0, 0.05) is 57.9 Å². The first-order valence-electron chi connectivity index (χ1n) is 12.9. The summed E-state index contributed by atoms with van der Waals surface area (Å²) in [7, 11) is 2.14. The molecule has 0 spiro atoms. The topological polar surface area (TPSA) is 158 Å². The summed E-state index contributed by atoms with van der Waals surface area (Å²) in [5.74, 6) is -6.37. The molecule has 4 heterocycles. The molecule has 2 aromatic heterocycles. The molecule has 0 radical (unpaired) electrons. The highest BCUT2D eigenvalue weighted by Crippen LogP contribution is 2.19. The molecule has 4 rings (SSSR count). The quantitative estimate of drug-likeness (QED) is 0.382. The van der Waals surface area contributed by atoms with Crippen LogP contribution in [0.4, 0.5) is 39.5 Å². The van der Waals surface area contributed by atoms with Crippen LogP contribution in [0.3, 0.4) is 0 Å². The lowest BCUT2D eigenvalue weighted by Crippen LogP contribution is -2.37. The summed E-state index contributed by atoms with van der Waals surface area (Å²) in [4.78, 5) is 40.6. The van der Waals surface area contributed by atoms with Crippen LogP contribution in [0.25, 0.3) is 0 Å². The Kier molecular flexibility index (Phi) is 15.4. The minimum atomic E-state index is -5.08. The third-order valence-electron chi connectivity index (χ3n) is 5.81. The zero-order chi connectivity index (χ0) is 35.3. The molecule has 0 aromatic carbocycles. The van der Waals surface area contributed by atoms with Gasteiger partial charge in [-0.2, -0.15) is 39.5 Å². The van der Waals surface area contributed by atoms with Crippen molar-refractivity contribution in [2.45, 2.75) is 51.1 Å². The summed E-state index contributed by atoms with van der Waals surface area (Å²) in [6.07, 6.45) is -8.07. The number of carboxylic acids is 3. The van der Waals surface area contributed by atoms with Crippen LogP contribution in [0.2, 0.25) is 0 Å². The summed E-state index contributed by atoms with van der Waals surface area (Å²) < 4.78 is 103. The molecule has 0 aliphatic carbocycles. The Morgan fingerprint density at radius 2 is 1.48 bits per heavy atom. The third-order valence-corrected chi connectivity index (χ3v) is 5.81. The number of alkyl halides is 9. The van der Waals surface area contributed by atoms with Crippen molar-refractivity contribution in [3.05, 3.63) is 47.8 Å². The van der Waals surface area contributed by atoms with E-state index in [1.165, 1.54) is 17.8 Å². The summed E-state index contributed by atoms with van der Waals surface area (Å²) in [5, 5.41) is 21.4. The van der Waals surface area contributed by atoms with Gasteiger partial charge in [0.15, 0.2) is 0 Å². The molecule has 1 fully saturated rings. The maximum absolute atomic E-state index is 10.6. The number of ether oxygens (including phenoxy) is 1. The molecule has 12 nitrogen and oxygen atoms in total. The van der Waals surface area contributed by atoms with Crippen LogP contribution in [0.1, 0.15) is 23.5 Å². The SMILES string of the molecule is CN(Cc1cccnc1)Cc1cn2c(n1)CN(CC1CCOC1)CC2.O=C(O)C(F)(F)F.O=C(O)C(F)(F)F.O=C(O)C(F)(F)F. The summed E-state index contributed by atoms with van der Waals surface area (Å²) >= 11 is 0. The molecular weight excluding hydrogens is 653 g/mol. The minimum Gasteiger partial charge on any atom is -0.475 e. The number of hydrogen-bond acceptors (Lipinski definition) is 8. The number of imidazole rings is 1. The van der Waals surface area contributed by atoms with Crippen LogP contribution >= 0.6 is 0 Å². The van der Waals surface area contributed by atoms with Gasteiger partial charge in [-0.25, -0.2) is 19.4 Å². The number of halogens is 9. The maximum atomic E-state index is 10.6. The van der Waals surface area contributed by atoms with Gasteiger partial charge in [0.1, 0.15) is 5.82 Å². The summed E-state index contributed by atoms with van der Waals surface area (Å²) in [5.41, 5.74) is 2.39. The number of aromatic nitrogens is 3. The van der Waals surface area contributed by atoms with Gasteiger partial charge < -0.3 is 24.6 Å². The van der Waals surface area contributed by atoms with Gasteiger partial charge in [-0.1, -0.05) is 6.07 Å². The number of carbonyl (C=O) groups is 3. The van der Waals surface area contributed by atoms with E-state index < -0.39 is 36.4 Å². The van der Waals surface area contributed by atoms with E-state index >= 15 is 0 Å². The zero-order valence-corrected chi connectivity index (χ0v) is 23.9. The second kappa shape index (κ2) is 17.6. The van der Waals surface area contributed by atoms with Crippen LogP contribution in [-0.2, 0) is 45.3 Å². The Balaban J connectivity index is 0.000000413. The second-order valence-electron chi connectivity index (χ2n) is 9.75. The molecule has 1 unspecified atom stereocenters. The van der Waals surface area contributed by atoms with Gasteiger partial charge in [0.25, 0.3) is 0 Å². The maximum Gasteiger partial charge on any atom is 0.490 e. The highest BCUT2D eigenvalue weighted by molar-refractivity contribution is 5.73. The van der Waals surface area contributed by atoms with Crippen molar-refractivity contribution in [2.75, 3.05) is 33.4 Å². The van der Waals surface area contributed by atoms with Crippen molar-refractivity contribution in [3.8, 4) is 0 Å². The van der Waals surface area contributed by atoms with Crippen LogP contribution in [0, 0.1) is 5.92 Å². The third kappa shape index (κ3) is 15.8. The molecule has 21 heteroatoms. The van der Waals surface area contributed by atoms with E-state index in [-0.39, 0.29) is 0 Å². The van der Waals surface area contributed by atoms with Gasteiger partial charge in [0.2, 0.25) is 0 Å². The molecule has 46 heavy (non-hydrogen) atoms. The van der Waals surface area contributed by atoms with Crippen molar-refractivity contribution in [1.82, 2.24) is 24.3 Å². The fourth-order valence-corrected chi connectivity index (χ4v) is 3.82. The van der Waals surface area contributed by atoms with E-state index in [0.717, 1.165) is 58.2 Å². The van der Waals surface area contributed by atoms with E-state index in [2.05, 4.69) is 38.7 Å². The highest BCUT2D eigenvalue weighted by Gasteiger charge is 2.39. The number of nitrogens with zero attached hydrogens (tertiary/aromatic N) is 5. The first kappa shape index (κ1) is 40.0. The van der Waals surface area contributed by atoms with E-state index in [1.807, 2.05) is 18.5 Å². The smallest absolute Gasteiger partial charge is 0.475 e. The summed E-state index contributed by atoms with van der Waals surface area (Å²) in [6, 6.07) is 4.11. The average molecular weight is 684 g/mol. The zero-order valence-electron chi connectivity index (χ0n) is 23.9. The van der Waals surface area contributed by atoms with Crippen LogP contribution in [-0.4, -0.2) is 109 Å². The van der Waals surface area contributed by atoms with Crippen LogP contribution < -0.4 is 0 Å². The predicted octanol–water partition coefficient (Wildman–Crippen LogP) is 3.66. The highest BCUT2D eigenvalue weighted by atomic mass is 19.4. The van der Waals surface area contributed by atoms with Gasteiger partial charge in [-0.15, -0.1) is 0 Å². The lowest BCUT2D eigenvalue weighted by Gasteiger charge is -2.29. The molecule has 0 amide bonds. The van der Waals surface area contributed by atoms with Crippen molar-refractivity contribution < 1.29 is 74.0 Å². The lowest BCUT2D eigenvalue weighted by molar-refractivity contribution is -0.193. The van der Waals surface area contributed by atoms with Crippen molar-refractivity contribution in [2.24, 2.45) is 5.92 Å². The number of hydrogen-bond donors (Lipinski definition) is 3. The molecule has 3 N–H and O–H groups in total. The van der Waals surface area contributed by atoms with Gasteiger partial charge in [-0.3, -0.25) is 14.8 Å². The predicted molar refractivity (Wildman–Crippen MR) is 137 cm³/mol. The second-order valence-corrected chi connectivity index (χ2v) is 9.75. The van der Waals surface area contributed by atoms with Crippen LogP contribution in [0.15, 0.2) is 30.7 Å². The molecular formula is C25H30F9N5O7. The standard InChI is InChI=1S/C19H27N5O.3C2HF3O2/c1-22(10-16-3-2-5-20-9-16)12-18-13-24-7-6-23(14-19(24)21-18)11-17-4-8-25-15-17;3*3-2(4,5)1(6)7/h2-3,5,9,13,17H,4,6-8,10-12,14-15H2,1H3;3*(H,6,7). The van der Waals surface area contributed by atoms with Crippen molar-refractivity contribution in [1.29, 1.82) is 0 Å². The molecule has 260 valence electrons. The first-order chi connectivity index (χ1) is 21.1. The molecule has 2 aliphatic heterocycles. The fourth-order valence-electron chi connectivity index (χ4n) is 3.82. The van der Waals surface area contributed by atoms with Gasteiger partial charge >= 0.3 is 36.4 Å². The van der Waals surface area contributed by atoms with Crippen LogP contribution in [0.5, 0.6) is 0 Å². The molecule has 2 aliphatic rings. The largest absolute Gasteiger partial charge is 0.490 e. The molecule has 0 bridgehead atoms. The number of carboxylic acid groups (broad SMARTS) is 3. The Morgan fingerprint density at radius 1 is 0.935 bits per heavy atom. The Morgan fingerprint density at radius 3 is 1.91 bits per heavy atom. The van der Waals surface area contributed by atoms with E-state index in [0.29, 0.717) is 5.92 Å². The van der Waals surface area contributed by atoms with Gasteiger partial charge in [-0.05, 0) is 31.0 Å². The van der Waals surface area contributed by atoms with E-state index in [1.54, 1.807) is 0 Å². The first-order valence-corrected chi connectivity index (χ1v) is 12.9. The molecule has 0 saturated carbocycles. The van der Waals surface area contributed by atoms with Crippen molar-refractivity contribution >= 4 is 17.9 Å². The normalized spacial score (nSPS) is 16.5. The van der Waals surface area contributed by atoms with Crippen molar-refractivity contribution in [3.63, 3.8) is 0 Å². The van der Waals surface area contributed by atoms with E-state index in [9.17, 15) is 39.5 Å². The number of pyridine rings is 1. The molecule has 1 saturated heterocycles. The monoisotopic (exact) mass is 683 g/mol. The van der Waals surface area contributed by atoms with Gasteiger partial charge in [0.05, 0.1) is 18.8 Å². The van der Waals surface area contributed by atoms with E-state index in [4.69, 9.17) is 39.4 Å². The average Bonchev–Trinajstić information content (AvgIpc) is 3.58. The Bertz CT molecular complexity index is 1190. The minimum absolute atomic E-state index is 0.701.